The molecule has 5 N–H and O–H groups in total. The van der Waals surface area contributed by atoms with E-state index in [1.54, 1.807) is 13.2 Å². The SMILES string of the molecule is CSC1O[C@H]([C@H](NC(=O)[C@H]2NC[C@@H]3CC(F)(F)CCO[C@H]32)[C@H](C)Cl)C(O)[C@@H](O)[C@H]1O.CSF. The van der Waals surface area contributed by atoms with Crippen molar-refractivity contribution in [3.8, 4) is 0 Å². The van der Waals surface area contributed by atoms with E-state index in [0.29, 0.717) is 0 Å². The lowest BCUT2D eigenvalue weighted by Gasteiger charge is -2.44. The number of halogens is 4. The number of rotatable bonds is 5. The van der Waals surface area contributed by atoms with Gasteiger partial charge in [0.1, 0.15) is 35.9 Å². The van der Waals surface area contributed by atoms with Crippen molar-refractivity contribution < 1.29 is 42.3 Å². The van der Waals surface area contributed by atoms with Crippen LogP contribution in [-0.2, 0) is 14.3 Å². The standard InChI is InChI=1S/C18H29ClF2N2O6S.CH3FS/c1-7(19)9(15-12(25)11(24)13(26)17(29-15)30-2)23-16(27)10-14-8(6-22-10)5-18(20,21)3-4-28-14;1-3-2/h7-15,17,22,24-26H,3-6H2,1-2H3,(H,23,27);1H3/t7-,8-,9+,10-,11+,12?,13+,14+,15+,17?;/m0./s1. The highest BCUT2D eigenvalue weighted by atomic mass is 35.5. The maximum absolute atomic E-state index is 13.9. The van der Waals surface area contributed by atoms with E-state index in [2.05, 4.69) is 10.6 Å². The number of thioether (sulfide) groups is 1. The number of fused-ring (bicyclic) bond motifs is 1. The Labute approximate surface area is 205 Å². The third-order valence-corrected chi connectivity index (χ3v) is 7.14. The van der Waals surface area contributed by atoms with Crippen molar-refractivity contribution in [1.29, 1.82) is 0 Å². The molecule has 194 valence electrons. The third-order valence-electron chi connectivity index (χ3n) is 6.01. The zero-order valence-corrected chi connectivity index (χ0v) is 20.9. The number of hydrogen-bond donors (Lipinski definition) is 5. The van der Waals surface area contributed by atoms with Crippen LogP contribution in [0.4, 0.5) is 12.7 Å². The molecule has 3 rings (SSSR count). The highest BCUT2D eigenvalue weighted by Crippen LogP contribution is 2.36. The molecule has 0 aromatic heterocycles. The minimum atomic E-state index is -2.83. The summed E-state index contributed by atoms with van der Waals surface area (Å²) >= 11 is 7.66. The molecular formula is C19H32ClF3N2O6S2. The molecular weight excluding hydrogens is 509 g/mol. The van der Waals surface area contributed by atoms with Gasteiger partial charge in [0.15, 0.2) is 0 Å². The number of aliphatic hydroxyl groups is 3. The summed E-state index contributed by atoms with van der Waals surface area (Å²) < 4.78 is 49.2. The van der Waals surface area contributed by atoms with Crippen LogP contribution >= 0.6 is 35.5 Å². The summed E-state index contributed by atoms with van der Waals surface area (Å²) in [6.07, 6.45) is -3.71. The summed E-state index contributed by atoms with van der Waals surface area (Å²) in [5, 5.41) is 35.6. The second-order valence-electron chi connectivity index (χ2n) is 8.33. The van der Waals surface area contributed by atoms with E-state index in [1.807, 2.05) is 0 Å². The van der Waals surface area contributed by atoms with E-state index in [-0.39, 0.29) is 38.1 Å². The second-order valence-corrected chi connectivity index (χ2v) is 10.3. The molecule has 3 heterocycles. The van der Waals surface area contributed by atoms with E-state index in [1.165, 1.54) is 6.26 Å². The summed E-state index contributed by atoms with van der Waals surface area (Å²) in [5.74, 6) is -3.84. The Bertz CT molecular complexity index is 642. The Morgan fingerprint density at radius 1 is 1.24 bits per heavy atom. The number of carbonyl (C=O) groups is 1. The fourth-order valence-electron chi connectivity index (χ4n) is 4.35. The number of amides is 1. The molecule has 0 aromatic carbocycles. The van der Waals surface area contributed by atoms with Crippen LogP contribution in [0.25, 0.3) is 0 Å². The van der Waals surface area contributed by atoms with Crippen LogP contribution in [0.5, 0.6) is 0 Å². The van der Waals surface area contributed by atoms with Crippen molar-refractivity contribution >= 4 is 41.4 Å². The van der Waals surface area contributed by atoms with Crippen LogP contribution in [0.3, 0.4) is 0 Å². The molecule has 3 saturated heterocycles. The average molecular weight is 541 g/mol. The lowest BCUT2D eigenvalue weighted by atomic mass is 9.92. The molecule has 33 heavy (non-hydrogen) atoms. The van der Waals surface area contributed by atoms with Crippen molar-refractivity contribution in [2.45, 2.75) is 79.1 Å². The molecule has 14 heteroatoms. The Balaban J connectivity index is 0.00000122. The van der Waals surface area contributed by atoms with Gasteiger partial charge in [-0.2, -0.15) is 3.89 Å². The van der Waals surface area contributed by atoms with Crippen LogP contribution in [-0.4, -0.2) is 106 Å². The lowest BCUT2D eigenvalue weighted by molar-refractivity contribution is -0.205. The van der Waals surface area contributed by atoms with Gasteiger partial charge in [0.25, 0.3) is 5.92 Å². The topological polar surface area (TPSA) is 120 Å². The molecule has 0 bridgehead atoms. The van der Waals surface area contributed by atoms with Gasteiger partial charge in [0, 0.05) is 43.7 Å². The summed E-state index contributed by atoms with van der Waals surface area (Å²) in [6.45, 7) is 1.68. The van der Waals surface area contributed by atoms with Gasteiger partial charge in [-0.05, 0) is 13.2 Å². The Kier molecular flexibility index (Phi) is 11.4. The van der Waals surface area contributed by atoms with Crippen molar-refractivity contribution in [3.05, 3.63) is 0 Å². The molecule has 0 saturated carbocycles. The van der Waals surface area contributed by atoms with Crippen LogP contribution in [0, 0.1) is 5.92 Å². The molecule has 0 spiro atoms. The molecule has 1 amide bonds. The number of alkyl halides is 3. The quantitative estimate of drug-likeness (QED) is 0.324. The van der Waals surface area contributed by atoms with Crippen LogP contribution in [0.15, 0.2) is 0 Å². The van der Waals surface area contributed by atoms with E-state index >= 15 is 0 Å². The maximum atomic E-state index is 13.9. The maximum Gasteiger partial charge on any atom is 0.250 e. The fraction of sp³-hybridized carbons (Fsp3) is 0.947. The molecule has 3 aliphatic heterocycles. The van der Waals surface area contributed by atoms with Gasteiger partial charge in [-0.15, -0.1) is 23.4 Å². The molecule has 8 nitrogen and oxygen atoms in total. The predicted octanol–water partition coefficient (Wildman–Crippen LogP) is 0.905. The predicted molar refractivity (Wildman–Crippen MR) is 121 cm³/mol. The summed E-state index contributed by atoms with van der Waals surface area (Å²) in [5.41, 5.74) is -0.815. The minimum Gasteiger partial charge on any atom is -0.388 e. The van der Waals surface area contributed by atoms with Gasteiger partial charge in [-0.25, -0.2) is 8.78 Å². The molecule has 2 unspecified atom stereocenters. The zero-order valence-electron chi connectivity index (χ0n) is 18.5. The molecule has 10 atom stereocenters. The van der Waals surface area contributed by atoms with E-state index in [9.17, 15) is 32.8 Å². The fourth-order valence-corrected chi connectivity index (χ4v) is 5.24. The highest BCUT2D eigenvalue weighted by molar-refractivity contribution is 7.99. The Hall–Kier alpha value is 0.01000. The van der Waals surface area contributed by atoms with Crippen molar-refractivity contribution in [2.75, 3.05) is 25.7 Å². The van der Waals surface area contributed by atoms with Crippen molar-refractivity contribution in [1.82, 2.24) is 10.6 Å². The summed E-state index contributed by atoms with van der Waals surface area (Å²) in [7, 11) is 0. The van der Waals surface area contributed by atoms with Crippen molar-refractivity contribution in [2.24, 2.45) is 5.92 Å². The van der Waals surface area contributed by atoms with Crippen LogP contribution < -0.4 is 10.6 Å². The Morgan fingerprint density at radius 3 is 2.45 bits per heavy atom. The van der Waals surface area contributed by atoms with E-state index in [0.717, 1.165) is 11.8 Å². The number of nitrogens with one attached hydrogen (secondary N) is 2. The van der Waals surface area contributed by atoms with Gasteiger partial charge in [0.05, 0.1) is 24.1 Å². The third kappa shape index (κ3) is 7.26. The van der Waals surface area contributed by atoms with Crippen molar-refractivity contribution in [3.63, 3.8) is 0 Å². The molecule has 0 aromatic rings. The van der Waals surface area contributed by atoms with Crippen LogP contribution in [0.1, 0.15) is 19.8 Å². The van der Waals surface area contributed by atoms with Crippen LogP contribution in [0.2, 0.25) is 0 Å². The molecule has 0 radical (unpaired) electrons. The van der Waals surface area contributed by atoms with E-state index in [4.69, 9.17) is 21.1 Å². The molecule has 0 aliphatic carbocycles. The Morgan fingerprint density at radius 2 is 1.88 bits per heavy atom. The first-order valence-electron chi connectivity index (χ1n) is 10.5. The largest absolute Gasteiger partial charge is 0.388 e. The first-order valence-corrected chi connectivity index (χ1v) is 13.4. The first-order chi connectivity index (χ1) is 15.5. The highest BCUT2D eigenvalue weighted by Gasteiger charge is 2.51. The zero-order chi connectivity index (χ0) is 24.9. The summed E-state index contributed by atoms with van der Waals surface area (Å²) in [4.78, 5) is 13.0. The van der Waals surface area contributed by atoms with Gasteiger partial charge in [-0.3, -0.25) is 4.79 Å². The van der Waals surface area contributed by atoms with E-state index < -0.39 is 71.2 Å². The second kappa shape index (κ2) is 12.8. The van der Waals surface area contributed by atoms with Gasteiger partial charge < -0.3 is 35.4 Å². The monoisotopic (exact) mass is 540 g/mol. The summed E-state index contributed by atoms with van der Waals surface area (Å²) in [6, 6.07) is -1.76. The number of hydrogen-bond acceptors (Lipinski definition) is 9. The normalized spacial score (nSPS) is 39.9. The van der Waals surface area contributed by atoms with Gasteiger partial charge in [-0.1, -0.05) is 0 Å². The van der Waals surface area contributed by atoms with Gasteiger partial charge >= 0.3 is 0 Å². The lowest BCUT2D eigenvalue weighted by Crippen LogP contribution is -2.65. The minimum absolute atomic E-state index is 0.140. The number of ether oxygens (including phenoxy) is 2. The number of aliphatic hydroxyl groups excluding tert-OH is 3. The molecule has 3 aliphatic rings. The smallest absolute Gasteiger partial charge is 0.250 e. The first kappa shape index (κ1) is 29.2. The number of carbonyl (C=O) groups excluding carboxylic acids is 1. The van der Waals surface area contributed by atoms with Gasteiger partial charge in [0.2, 0.25) is 5.91 Å². The average Bonchev–Trinajstić information content (AvgIpc) is 3.05. The molecule has 3 fully saturated rings.